The maximum atomic E-state index is 13.2. The third-order valence-electron chi connectivity index (χ3n) is 2.84. The molecule has 2 nitrogen and oxygen atoms in total. The third-order valence-corrected chi connectivity index (χ3v) is 3.62. The summed E-state index contributed by atoms with van der Waals surface area (Å²) in [6.45, 7) is 1.90. The Kier molecular flexibility index (Phi) is 4.09. The van der Waals surface area contributed by atoms with Gasteiger partial charge in [0.2, 0.25) is 0 Å². The highest BCUT2D eigenvalue weighted by atomic mass is 79.9. The molecule has 0 aliphatic rings. The van der Waals surface area contributed by atoms with Gasteiger partial charge in [-0.15, -0.1) is 0 Å². The van der Waals surface area contributed by atoms with Crippen molar-refractivity contribution >= 4 is 15.9 Å². The van der Waals surface area contributed by atoms with Crippen molar-refractivity contribution in [2.45, 2.75) is 19.4 Å². The van der Waals surface area contributed by atoms with Gasteiger partial charge < -0.3 is 5.11 Å². The van der Waals surface area contributed by atoms with Crippen molar-refractivity contribution < 1.29 is 9.50 Å². The quantitative estimate of drug-likeness (QED) is 0.940. The zero-order valence-corrected chi connectivity index (χ0v) is 11.5. The van der Waals surface area contributed by atoms with E-state index in [0.717, 1.165) is 21.2 Å². The molecule has 0 bridgehead atoms. The van der Waals surface area contributed by atoms with Gasteiger partial charge in [0.05, 0.1) is 6.10 Å². The molecule has 0 amide bonds. The Hall–Kier alpha value is -1.26. The lowest BCUT2D eigenvalue weighted by Crippen LogP contribution is -2.05. The molecule has 1 heterocycles. The van der Waals surface area contributed by atoms with Crippen LogP contribution in [-0.4, -0.2) is 10.1 Å². The highest BCUT2D eigenvalue weighted by molar-refractivity contribution is 9.10. The van der Waals surface area contributed by atoms with E-state index in [1.807, 2.05) is 6.92 Å². The molecule has 2 aromatic rings. The second-order valence-electron chi connectivity index (χ2n) is 4.19. The minimum atomic E-state index is -0.661. The summed E-state index contributed by atoms with van der Waals surface area (Å²) in [5.41, 5.74) is 2.50. The molecule has 0 saturated carbocycles. The number of aromatic nitrogens is 1. The van der Waals surface area contributed by atoms with Crippen LogP contribution in [0.1, 0.15) is 22.8 Å². The zero-order valence-electron chi connectivity index (χ0n) is 9.90. The predicted octanol–water partition coefficient (Wildman–Crippen LogP) is 3.57. The smallest absolute Gasteiger partial charge is 0.123 e. The Labute approximate surface area is 114 Å². The Morgan fingerprint density at radius 3 is 2.89 bits per heavy atom. The number of hydrogen-bond acceptors (Lipinski definition) is 2. The van der Waals surface area contributed by atoms with Crippen LogP contribution in [0.4, 0.5) is 4.39 Å². The summed E-state index contributed by atoms with van der Waals surface area (Å²) in [4.78, 5) is 3.99. The Bertz CT molecular complexity index is 559. The van der Waals surface area contributed by atoms with E-state index in [1.165, 1.54) is 12.1 Å². The van der Waals surface area contributed by atoms with Crippen LogP contribution in [0.25, 0.3) is 0 Å². The summed E-state index contributed by atoms with van der Waals surface area (Å²) in [5.74, 6) is -0.299. The van der Waals surface area contributed by atoms with Crippen molar-refractivity contribution in [3.63, 3.8) is 0 Å². The number of aliphatic hydroxyl groups is 1. The molecule has 1 aromatic heterocycles. The number of hydrogen-bond donors (Lipinski definition) is 1. The Balaban J connectivity index is 2.24. The van der Waals surface area contributed by atoms with E-state index in [1.54, 1.807) is 24.5 Å². The summed E-state index contributed by atoms with van der Waals surface area (Å²) in [6.07, 6.45) is 3.06. The summed E-state index contributed by atoms with van der Waals surface area (Å²) in [7, 11) is 0. The van der Waals surface area contributed by atoms with Gasteiger partial charge in [-0.05, 0) is 47.9 Å². The topological polar surface area (TPSA) is 33.1 Å². The van der Waals surface area contributed by atoms with Gasteiger partial charge >= 0.3 is 0 Å². The molecule has 4 heteroatoms. The largest absolute Gasteiger partial charge is 0.388 e. The first kappa shape index (κ1) is 13.2. The standard InChI is InChI=1S/C14H13BrFNO/c1-9-8-17-5-4-12(9)14(18)7-10-6-11(16)2-3-13(10)15/h2-6,8,14,18H,7H2,1H3. The lowest BCUT2D eigenvalue weighted by atomic mass is 9.99. The molecule has 1 aromatic carbocycles. The number of benzene rings is 1. The first-order chi connectivity index (χ1) is 8.58. The van der Waals surface area contributed by atoms with Gasteiger partial charge in [-0.3, -0.25) is 4.98 Å². The lowest BCUT2D eigenvalue weighted by molar-refractivity contribution is 0.177. The highest BCUT2D eigenvalue weighted by Gasteiger charge is 2.13. The molecule has 0 radical (unpaired) electrons. The third kappa shape index (κ3) is 2.94. The van der Waals surface area contributed by atoms with Gasteiger partial charge in [0.25, 0.3) is 0 Å². The predicted molar refractivity (Wildman–Crippen MR) is 71.7 cm³/mol. The van der Waals surface area contributed by atoms with Crippen molar-refractivity contribution in [3.05, 3.63) is 63.6 Å². The van der Waals surface area contributed by atoms with Gasteiger partial charge in [-0.2, -0.15) is 0 Å². The Morgan fingerprint density at radius 2 is 2.17 bits per heavy atom. The van der Waals surface area contributed by atoms with E-state index < -0.39 is 6.10 Å². The van der Waals surface area contributed by atoms with Crippen molar-refractivity contribution in [2.75, 3.05) is 0 Å². The summed E-state index contributed by atoms with van der Waals surface area (Å²) < 4.78 is 14.0. The highest BCUT2D eigenvalue weighted by Crippen LogP contribution is 2.25. The van der Waals surface area contributed by atoms with Crippen LogP contribution in [0.2, 0.25) is 0 Å². The van der Waals surface area contributed by atoms with E-state index in [9.17, 15) is 9.50 Å². The van der Waals surface area contributed by atoms with Crippen LogP contribution in [0.5, 0.6) is 0 Å². The van der Waals surface area contributed by atoms with Crippen LogP contribution in [0.3, 0.4) is 0 Å². The fourth-order valence-electron chi connectivity index (χ4n) is 1.88. The number of aliphatic hydroxyl groups excluding tert-OH is 1. The van der Waals surface area contributed by atoms with E-state index in [0.29, 0.717) is 6.42 Å². The average molecular weight is 310 g/mol. The molecule has 2 rings (SSSR count). The molecule has 0 fully saturated rings. The summed E-state index contributed by atoms with van der Waals surface area (Å²) in [6, 6.07) is 6.26. The molecule has 1 atom stereocenters. The molecule has 0 aliphatic heterocycles. The maximum absolute atomic E-state index is 13.2. The molecular formula is C14H13BrFNO. The van der Waals surface area contributed by atoms with Crippen LogP contribution < -0.4 is 0 Å². The molecule has 18 heavy (non-hydrogen) atoms. The van der Waals surface area contributed by atoms with E-state index >= 15 is 0 Å². The maximum Gasteiger partial charge on any atom is 0.123 e. The minimum absolute atomic E-state index is 0.299. The molecular weight excluding hydrogens is 297 g/mol. The van der Waals surface area contributed by atoms with Crippen LogP contribution in [0.15, 0.2) is 41.1 Å². The first-order valence-corrected chi connectivity index (χ1v) is 6.39. The van der Waals surface area contributed by atoms with Crippen molar-refractivity contribution in [1.29, 1.82) is 0 Å². The number of rotatable bonds is 3. The Morgan fingerprint density at radius 1 is 1.39 bits per heavy atom. The molecule has 1 unspecified atom stereocenters. The van der Waals surface area contributed by atoms with Crippen LogP contribution >= 0.6 is 15.9 Å². The van der Waals surface area contributed by atoms with Crippen molar-refractivity contribution in [1.82, 2.24) is 4.98 Å². The first-order valence-electron chi connectivity index (χ1n) is 5.60. The van der Waals surface area contributed by atoms with Crippen molar-refractivity contribution in [3.8, 4) is 0 Å². The minimum Gasteiger partial charge on any atom is -0.388 e. The average Bonchev–Trinajstić information content (AvgIpc) is 2.34. The van der Waals surface area contributed by atoms with Crippen LogP contribution in [0, 0.1) is 12.7 Å². The number of halogens is 2. The van der Waals surface area contributed by atoms with E-state index in [4.69, 9.17) is 0 Å². The van der Waals surface area contributed by atoms with Gasteiger partial charge in [-0.25, -0.2) is 4.39 Å². The molecule has 94 valence electrons. The van der Waals surface area contributed by atoms with Gasteiger partial charge in [-0.1, -0.05) is 15.9 Å². The monoisotopic (exact) mass is 309 g/mol. The van der Waals surface area contributed by atoms with E-state index in [-0.39, 0.29) is 5.82 Å². The lowest BCUT2D eigenvalue weighted by Gasteiger charge is -2.14. The van der Waals surface area contributed by atoms with Gasteiger partial charge in [0.1, 0.15) is 5.82 Å². The second kappa shape index (κ2) is 5.59. The summed E-state index contributed by atoms with van der Waals surface area (Å²) >= 11 is 3.36. The number of nitrogens with zero attached hydrogens (tertiary/aromatic N) is 1. The van der Waals surface area contributed by atoms with Gasteiger partial charge in [0, 0.05) is 23.3 Å². The van der Waals surface area contributed by atoms with E-state index in [2.05, 4.69) is 20.9 Å². The fourth-order valence-corrected chi connectivity index (χ4v) is 2.28. The molecule has 0 spiro atoms. The van der Waals surface area contributed by atoms with Gasteiger partial charge in [0.15, 0.2) is 0 Å². The molecule has 0 aliphatic carbocycles. The normalized spacial score (nSPS) is 12.4. The van der Waals surface area contributed by atoms with Crippen molar-refractivity contribution in [2.24, 2.45) is 0 Å². The molecule has 1 N–H and O–H groups in total. The summed E-state index contributed by atoms with van der Waals surface area (Å²) in [5, 5.41) is 10.2. The number of aryl methyl sites for hydroxylation is 1. The molecule has 0 saturated heterocycles. The fraction of sp³-hybridized carbons (Fsp3) is 0.214. The SMILES string of the molecule is Cc1cnccc1C(O)Cc1cc(F)ccc1Br. The number of pyridine rings is 1. The second-order valence-corrected chi connectivity index (χ2v) is 5.04. The van der Waals surface area contributed by atoms with Crippen LogP contribution in [-0.2, 0) is 6.42 Å². The zero-order chi connectivity index (χ0) is 13.1.